The minimum absolute atomic E-state index is 0.451. The molecule has 132 valence electrons. The number of halogens is 1. The van der Waals surface area contributed by atoms with Crippen LogP contribution in [0.1, 0.15) is 24.0 Å². The van der Waals surface area contributed by atoms with Crippen LogP contribution < -0.4 is 10.6 Å². The third-order valence-electron chi connectivity index (χ3n) is 4.14. The molecule has 2 N–H and O–H groups in total. The molecule has 1 aliphatic carbocycles. The molecule has 6 nitrogen and oxygen atoms in total. The lowest BCUT2D eigenvalue weighted by Gasteiger charge is -2.12. The Hall–Kier alpha value is -2.43. The first-order chi connectivity index (χ1) is 12.7. The van der Waals surface area contributed by atoms with Crippen LogP contribution in [0.3, 0.4) is 0 Å². The molecule has 2 heterocycles. The van der Waals surface area contributed by atoms with Crippen LogP contribution >= 0.6 is 23.4 Å². The van der Waals surface area contributed by atoms with E-state index in [1.54, 1.807) is 22.5 Å². The lowest BCUT2D eigenvalue weighted by Crippen LogP contribution is -2.09. The summed E-state index contributed by atoms with van der Waals surface area (Å²) in [5, 5.41) is 21.1. The normalized spacial score (nSPS) is 13.6. The number of hydrogen-bond acceptors (Lipinski definition) is 6. The average Bonchev–Trinajstić information content (AvgIpc) is 3.35. The monoisotopic (exact) mass is 384 g/mol. The van der Waals surface area contributed by atoms with Crippen LogP contribution in [0.25, 0.3) is 5.65 Å². The highest BCUT2D eigenvalue weighted by Crippen LogP contribution is 2.29. The van der Waals surface area contributed by atoms with Crippen molar-refractivity contribution in [1.82, 2.24) is 14.6 Å². The summed E-state index contributed by atoms with van der Waals surface area (Å²) < 4.78 is 1.68. The van der Waals surface area contributed by atoms with Crippen molar-refractivity contribution in [1.29, 1.82) is 5.26 Å². The summed E-state index contributed by atoms with van der Waals surface area (Å²) in [6.07, 6.45) is 5.89. The van der Waals surface area contributed by atoms with Crippen LogP contribution in [0.15, 0.2) is 30.5 Å². The first-order valence-corrected chi connectivity index (χ1v) is 10.0. The zero-order valence-corrected chi connectivity index (χ0v) is 15.7. The van der Waals surface area contributed by atoms with Crippen LogP contribution in [-0.4, -0.2) is 26.9 Å². The van der Waals surface area contributed by atoms with E-state index < -0.39 is 0 Å². The number of nitrogens with zero attached hydrogens (tertiary/aromatic N) is 4. The minimum Gasteiger partial charge on any atom is -0.367 e. The van der Waals surface area contributed by atoms with Gasteiger partial charge < -0.3 is 10.6 Å². The molecule has 3 aromatic rings. The van der Waals surface area contributed by atoms with Crippen LogP contribution in [0, 0.1) is 11.3 Å². The van der Waals surface area contributed by atoms with E-state index in [-0.39, 0.29) is 0 Å². The summed E-state index contributed by atoms with van der Waals surface area (Å²) in [7, 11) is 0. The van der Waals surface area contributed by atoms with Gasteiger partial charge in [0.1, 0.15) is 23.3 Å². The van der Waals surface area contributed by atoms with Crippen molar-refractivity contribution in [3.8, 4) is 6.07 Å². The molecule has 8 heteroatoms. The Balaban J connectivity index is 1.71. The fourth-order valence-electron chi connectivity index (χ4n) is 2.71. The first-order valence-electron chi connectivity index (χ1n) is 8.27. The third kappa shape index (κ3) is 3.43. The lowest BCUT2D eigenvalue weighted by atomic mass is 10.2. The maximum absolute atomic E-state index is 9.32. The lowest BCUT2D eigenvalue weighted by molar-refractivity contribution is 0.926. The fraction of sp³-hybridized carbons (Fsp3) is 0.278. The van der Waals surface area contributed by atoms with Gasteiger partial charge in [-0.05, 0) is 42.9 Å². The van der Waals surface area contributed by atoms with E-state index in [2.05, 4.69) is 26.8 Å². The predicted molar refractivity (Wildman–Crippen MR) is 106 cm³/mol. The average molecular weight is 385 g/mol. The van der Waals surface area contributed by atoms with Gasteiger partial charge in [-0.1, -0.05) is 11.6 Å². The summed E-state index contributed by atoms with van der Waals surface area (Å²) in [6, 6.07) is 10.4. The number of rotatable bonds is 6. The van der Waals surface area contributed by atoms with Gasteiger partial charge in [0.25, 0.3) is 0 Å². The Morgan fingerprint density at radius 2 is 2.23 bits per heavy atom. The second-order valence-corrected chi connectivity index (χ2v) is 7.49. The van der Waals surface area contributed by atoms with Crippen molar-refractivity contribution in [2.24, 2.45) is 0 Å². The molecular weight excluding hydrogens is 368 g/mol. The molecule has 1 aromatic carbocycles. The highest BCUT2D eigenvalue weighted by Gasteiger charge is 2.23. The number of fused-ring (bicyclic) bond motifs is 1. The van der Waals surface area contributed by atoms with E-state index in [1.165, 1.54) is 0 Å². The number of nitriles is 1. The Kier molecular flexibility index (Phi) is 4.62. The van der Waals surface area contributed by atoms with Gasteiger partial charge in [0, 0.05) is 28.6 Å². The summed E-state index contributed by atoms with van der Waals surface area (Å²) in [5.74, 6) is 2.34. The number of benzene rings is 1. The highest BCUT2D eigenvalue weighted by molar-refractivity contribution is 7.97. The second-order valence-electron chi connectivity index (χ2n) is 6.21. The molecule has 0 saturated heterocycles. The largest absolute Gasteiger partial charge is 0.367 e. The van der Waals surface area contributed by atoms with Crippen molar-refractivity contribution in [3.63, 3.8) is 0 Å². The summed E-state index contributed by atoms with van der Waals surface area (Å²) >= 11 is 7.98. The number of thioether (sulfide) groups is 1. The van der Waals surface area contributed by atoms with Crippen LogP contribution in [0.4, 0.5) is 17.3 Å². The van der Waals surface area contributed by atoms with Gasteiger partial charge in [0.2, 0.25) is 0 Å². The zero-order valence-electron chi connectivity index (χ0n) is 14.2. The summed E-state index contributed by atoms with van der Waals surface area (Å²) in [4.78, 5) is 4.58. The predicted octanol–water partition coefficient (Wildman–Crippen LogP) is 4.44. The molecule has 0 radical (unpaired) electrons. The van der Waals surface area contributed by atoms with Gasteiger partial charge in [0.15, 0.2) is 5.65 Å². The van der Waals surface area contributed by atoms with Crippen molar-refractivity contribution in [3.05, 3.63) is 46.6 Å². The molecule has 2 aromatic heterocycles. The van der Waals surface area contributed by atoms with Gasteiger partial charge >= 0.3 is 0 Å². The van der Waals surface area contributed by atoms with Gasteiger partial charge in [0.05, 0.1) is 6.20 Å². The molecule has 0 spiro atoms. The quantitative estimate of drug-likeness (QED) is 0.654. The first kappa shape index (κ1) is 17.0. The van der Waals surface area contributed by atoms with Crippen molar-refractivity contribution in [2.75, 3.05) is 16.9 Å². The zero-order chi connectivity index (χ0) is 18.1. The van der Waals surface area contributed by atoms with Gasteiger partial charge in [-0.2, -0.15) is 26.6 Å². The molecule has 0 atom stereocenters. The minimum atomic E-state index is 0.451. The van der Waals surface area contributed by atoms with E-state index in [1.807, 2.05) is 30.5 Å². The van der Waals surface area contributed by atoms with Crippen LogP contribution in [0.5, 0.6) is 0 Å². The van der Waals surface area contributed by atoms with Gasteiger partial charge in [-0.3, -0.25) is 0 Å². The molecule has 1 fully saturated rings. The Morgan fingerprint density at radius 1 is 1.38 bits per heavy atom. The van der Waals surface area contributed by atoms with E-state index in [0.717, 1.165) is 40.7 Å². The molecular formula is C18H17ClN6S. The SMILES string of the molecule is CSCc1cc(Nc2cc(NC3CC3)n3ncc(C#N)c3n2)ccc1Cl. The van der Waals surface area contributed by atoms with Gasteiger partial charge in [-0.25, -0.2) is 4.98 Å². The maximum atomic E-state index is 9.32. The highest BCUT2D eigenvalue weighted by atomic mass is 35.5. The van der Waals surface area contributed by atoms with E-state index in [4.69, 9.17) is 11.6 Å². The van der Waals surface area contributed by atoms with Crippen LogP contribution in [-0.2, 0) is 5.75 Å². The van der Waals surface area contributed by atoms with Gasteiger partial charge in [-0.15, -0.1) is 0 Å². The standard InChI is InChI=1S/C18H17ClN6S/c1-26-10-11-6-14(4-5-15(11)19)22-16-7-17(23-13-2-3-13)25-18(24-16)12(8-20)9-21-25/h4-7,9,13,23H,2-3,10H2,1H3,(H,22,24). The van der Waals surface area contributed by atoms with E-state index in [0.29, 0.717) is 23.1 Å². The second kappa shape index (κ2) is 7.06. The van der Waals surface area contributed by atoms with Crippen molar-refractivity contribution < 1.29 is 0 Å². The molecule has 0 amide bonds. The molecule has 0 unspecified atom stereocenters. The summed E-state index contributed by atoms with van der Waals surface area (Å²) in [5.41, 5.74) is 2.97. The topological polar surface area (TPSA) is 78.0 Å². The number of aromatic nitrogens is 3. The Labute approximate surface area is 160 Å². The Bertz CT molecular complexity index is 1000. The number of nitrogens with one attached hydrogen (secondary N) is 2. The van der Waals surface area contributed by atoms with E-state index in [9.17, 15) is 5.26 Å². The maximum Gasteiger partial charge on any atom is 0.177 e. The fourth-order valence-corrected chi connectivity index (χ4v) is 3.53. The molecule has 0 bridgehead atoms. The number of hydrogen-bond donors (Lipinski definition) is 2. The van der Waals surface area contributed by atoms with Crippen LogP contribution in [0.2, 0.25) is 5.02 Å². The molecule has 0 aliphatic heterocycles. The molecule has 1 aliphatic rings. The van der Waals surface area contributed by atoms with E-state index >= 15 is 0 Å². The Morgan fingerprint density at radius 3 is 2.96 bits per heavy atom. The van der Waals surface area contributed by atoms with Crippen molar-refractivity contribution >= 4 is 46.3 Å². The molecule has 26 heavy (non-hydrogen) atoms. The molecule has 1 saturated carbocycles. The summed E-state index contributed by atoms with van der Waals surface area (Å²) in [6.45, 7) is 0. The molecule has 4 rings (SSSR count). The smallest absolute Gasteiger partial charge is 0.177 e. The number of anilines is 3. The third-order valence-corrected chi connectivity index (χ3v) is 5.11. The van der Waals surface area contributed by atoms with Crippen molar-refractivity contribution in [2.45, 2.75) is 24.6 Å².